The topological polar surface area (TPSA) is 79.6 Å². The molecule has 1 saturated heterocycles. The Morgan fingerprint density at radius 1 is 1.58 bits per heavy atom. The second-order valence-corrected chi connectivity index (χ2v) is 6.74. The Morgan fingerprint density at radius 3 is 3.00 bits per heavy atom. The van der Waals surface area contributed by atoms with Gasteiger partial charge in [0, 0.05) is 13.1 Å². The molecule has 2 rings (SSSR count). The summed E-state index contributed by atoms with van der Waals surface area (Å²) in [5, 5.41) is 2.77. The number of sulfonamides is 1. The number of piperidine rings is 1. The minimum absolute atomic E-state index is 0.121. The number of hydrogen-bond donors (Lipinski definition) is 1. The van der Waals surface area contributed by atoms with E-state index in [0.717, 1.165) is 6.42 Å². The maximum Gasteiger partial charge on any atom is 0.224 e. The summed E-state index contributed by atoms with van der Waals surface area (Å²) in [6.45, 7) is 1.10. The molecular formula is C12H18N2O4S. The molecule has 0 aliphatic carbocycles. The van der Waals surface area contributed by atoms with Crippen LogP contribution in [0.5, 0.6) is 0 Å². The van der Waals surface area contributed by atoms with Gasteiger partial charge in [-0.3, -0.25) is 4.79 Å². The van der Waals surface area contributed by atoms with Crippen LogP contribution in [0.1, 0.15) is 18.6 Å². The summed E-state index contributed by atoms with van der Waals surface area (Å²) in [7, 11) is -3.22. The molecule has 0 aromatic carbocycles. The van der Waals surface area contributed by atoms with Crippen molar-refractivity contribution in [3.8, 4) is 0 Å². The number of nitrogens with one attached hydrogen (secondary N) is 1. The lowest BCUT2D eigenvalue weighted by molar-refractivity contribution is -0.126. The fraction of sp³-hybridized carbons (Fsp3) is 0.583. The van der Waals surface area contributed by atoms with Gasteiger partial charge in [0.15, 0.2) is 0 Å². The van der Waals surface area contributed by atoms with Crippen LogP contribution in [0.4, 0.5) is 0 Å². The summed E-state index contributed by atoms with van der Waals surface area (Å²) < 4.78 is 29.5. The summed E-state index contributed by atoms with van der Waals surface area (Å²) in [5.41, 5.74) is 0. The molecule has 1 N–H and O–H groups in total. The van der Waals surface area contributed by atoms with Crippen molar-refractivity contribution in [3.63, 3.8) is 0 Å². The lowest BCUT2D eigenvalue weighted by Gasteiger charge is -2.30. The lowest BCUT2D eigenvalue weighted by Crippen LogP contribution is -2.44. The normalized spacial score (nSPS) is 21.2. The van der Waals surface area contributed by atoms with E-state index in [1.165, 1.54) is 10.6 Å². The first-order valence-electron chi connectivity index (χ1n) is 6.22. The maximum atomic E-state index is 12.0. The number of rotatable bonds is 4. The molecule has 7 heteroatoms. The van der Waals surface area contributed by atoms with Crippen molar-refractivity contribution in [3.05, 3.63) is 24.2 Å². The van der Waals surface area contributed by atoms with Gasteiger partial charge in [-0.15, -0.1) is 0 Å². The molecule has 0 spiro atoms. The van der Waals surface area contributed by atoms with Crippen molar-refractivity contribution < 1.29 is 17.6 Å². The van der Waals surface area contributed by atoms with E-state index in [9.17, 15) is 13.2 Å². The highest BCUT2D eigenvalue weighted by molar-refractivity contribution is 7.88. The highest BCUT2D eigenvalue weighted by Crippen LogP contribution is 2.18. The van der Waals surface area contributed by atoms with Crippen molar-refractivity contribution in [2.75, 3.05) is 19.3 Å². The third-order valence-corrected chi connectivity index (χ3v) is 4.51. The molecule has 0 bridgehead atoms. The monoisotopic (exact) mass is 286 g/mol. The third-order valence-electron chi connectivity index (χ3n) is 3.24. The molecule has 6 nitrogen and oxygen atoms in total. The molecule has 19 heavy (non-hydrogen) atoms. The quantitative estimate of drug-likeness (QED) is 0.877. The van der Waals surface area contributed by atoms with Crippen molar-refractivity contribution in [2.24, 2.45) is 5.92 Å². The molecule has 0 saturated carbocycles. The molecule has 106 valence electrons. The summed E-state index contributed by atoms with van der Waals surface area (Å²) in [6, 6.07) is 3.54. The van der Waals surface area contributed by atoms with Crippen molar-refractivity contribution in [1.29, 1.82) is 0 Å². The summed E-state index contributed by atoms with van der Waals surface area (Å²) >= 11 is 0. The number of hydrogen-bond acceptors (Lipinski definition) is 4. The molecule has 1 aliphatic rings. The van der Waals surface area contributed by atoms with Crippen LogP contribution >= 0.6 is 0 Å². The van der Waals surface area contributed by atoms with Gasteiger partial charge in [-0.25, -0.2) is 12.7 Å². The van der Waals surface area contributed by atoms with Crippen LogP contribution in [0, 0.1) is 5.92 Å². The molecule has 1 amide bonds. The highest BCUT2D eigenvalue weighted by Gasteiger charge is 2.29. The van der Waals surface area contributed by atoms with Crippen LogP contribution in [0.2, 0.25) is 0 Å². The molecule has 2 heterocycles. The predicted molar refractivity (Wildman–Crippen MR) is 69.7 cm³/mol. The van der Waals surface area contributed by atoms with Crippen LogP contribution in [-0.2, 0) is 21.4 Å². The summed E-state index contributed by atoms with van der Waals surface area (Å²) in [6.07, 6.45) is 4.16. The zero-order valence-electron chi connectivity index (χ0n) is 10.8. The van der Waals surface area contributed by atoms with E-state index in [1.54, 1.807) is 18.4 Å². The van der Waals surface area contributed by atoms with E-state index >= 15 is 0 Å². The first-order valence-corrected chi connectivity index (χ1v) is 8.07. The first kappa shape index (κ1) is 14.1. The molecule has 1 aromatic rings. The summed E-state index contributed by atoms with van der Waals surface area (Å²) in [4.78, 5) is 12.0. The average molecular weight is 286 g/mol. The van der Waals surface area contributed by atoms with Gasteiger partial charge in [-0.1, -0.05) is 0 Å². The Hall–Kier alpha value is -1.34. The van der Waals surface area contributed by atoms with Crippen molar-refractivity contribution >= 4 is 15.9 Å². The van der Waals surface area contributed by atoms with Crippen molar-refractivity contribution in [1.82, 2.24) is 9.62 Å². The number of nitrogens with zero attached hydrogens (tertiary/aromatic N) is 1. The standard InChI is InChI=1S/C12H18N2O4S/c1-19(16,17)14-6-2-4-10(9-14)12(15)13-8-11-5-3-7-18-11/h3,5,7,10H,2,4,6,8-9H2,1H3,(H,13,15)/t10-/m0/s1. The van der Waals surface area contributed by atoms with E-state index in [0.29, 0.717) is 25.3 Å². The first-order chi connectivity index (χ1) is 8.97. The van der Waals surface area contributed by atoms with Crippen LogP contribution in [-0.4, -0.2) is 38.0 Å². The number of furan rings is 1. The van der Waals surface area contributed by atoms with Crippen LogP contribution in [0.15, 0.2) is 22.8 Å². The van der Waals surface area contributed by atoms with Gasteiger partial charge in [0.1, 0.15) is 5.76 Å². The van der Waals surface area contributed by atoms with Crippen LogP contribution < -0.4 is 5.32 Å². The molecule has 1 aliphatic heterocycles. The van der Waals surface area contributed by atoms with Crippen molar-refractivity contribution in [2.45, 2.75) is 19.4 Å². The molecule has 1 aromatic heterocycles. The van der Waals surface area contributed by atoms with E-state index in [1.807, 2.05) is 0 Å². The van der Waals surface area contributed by atoms with Gasteiger partial charge in [0.2, 0.25) is 15.9 Å². The second-order valence-electron chi connectivity index (χ2n) is 4.76. The fourth-order valence-electron chi connectivity index (χ4n) is 2.19. The zero-order valence-corrected chi connectivity index (χ0v) is 11.6. The second kappa shape index (κ2) is 5.75. The number of amides is 1. The Kier molecular flexibility index (Phi) is 4.26. The smallest absolute Gasteiger partial charge is 0.224 e. The fourth-order valence-corrected chi connectivity index (χ4v) is 3.10. The number of carbonyl (C=O) groups is 1. The Bertz CT molecular complexity index is 524. The van der Waals surface area contributed by atoms with Gasteiger partial charge in [0.25, 0.3) is 0 Å². The zero-order chi connectivity index (χ0) is 13.9. The molecule has 0 unspecified atom stereocenters. The molecular weight excluding hydrogens is 268 g/mol. The minimum atomic E-state index is -3.22. The van der Waals surface area contributed by atoms with Gasteiger partial charge in [-0.05, 0) is 25.0 Å². The lowest BCUT2D eigenvalue weighted by atomic mass is 9.99. The largest absolute Gasteiger partial charge is 0.467 e. The van der Waals surface area contributed by atoms with Gasteiger partial charge >= 0.3 is 0 Å². The molecule has 1 atom stereocenters. The SMILES string of the molecule is CS(=O)(=O)N1CCC[C@H](C(=O)NCc2ccco2)C1. The van der Waals surface area contributed by atoms with E-state index < -0.39 is 10.0 Å². The molecule has 1 fully saturated rings. The third kappa shape index (κ3) is 3.81. The van der Waals surface area contributed by atoms with Crippen LogP contribution in [0.3, 0.4) is 0 Å². The number of carbonyl (C=O) groups excluding carboxylic acids is 1. The summed E-state index contributed by atoms with van der Waals surface area (Å²) in [5.74, 6) is 0.285. The van der Waals surface area contributed by atoms with E-state index in [2.05, 4.69) is 5.32 Å². The van der Waals surface area contributed by atoms with Crippen LogP contribution in [0.25, 0.3) is 0 Å². The average Bonchev–Trinajstić information content (AvgIpc) is 2.88. The van der Waals surface area contributed by atoms with E-state index in [-0.39, 0.29) is 18.4 Å². The maximum absolute atomic E-state index is 12.0. The predicted octanol–water partition coefficient (Wildman–Crippen LogP) is 0.567. The Balaban J connectivity index is 1.88. The minimum Gasteiger partial charge on any atom is -0.467 e. The van der Waals surface area contributed by atoms with E-state index in [4.69, 9.17) is 4.42 Å². The highest BCUT2D eigenvalue weighted by atomic mass is 32.2. The Morgan fingerprint density at radius 2 is 2.37 bits per heavy atom. The van der Waals surface area contributed by atoms with Gasteiger partial charge in [0.05, 0.1) is 25.0 Å². The van der Waals surface area contributed by atoms with Gasteiger partial charge in [-0.2, -0.15) is 0 Å². The Labute approximate surface area is 112 Å². The van der Waals surface area contributed by atoms with Gasteiger partial charge < -0.3 is 9.73 Å². The molecule has 0 radical (unpaired) electrons.